The molecule has 0 bridgehead atoms. The third-order valence-electron chi connectivity index (χ3n) is 2.36. The topological polar surface area (TPSA) is 92.9 Å². The van der Waals surface area contributed by atoms with Gasteiger partial charge in [0, 0.05) is 13.6 Å². The van der Waals surface area contributed by atoms with Gasteiger partial charge in [0.2, 0.25) is 0 Å². The highest BCUT2D eigenvalue weighted by Crippen LogP contribution is 2.07. The summed E-state index contributed by atoms with van der Waals surface area (Å²) < 4.78 is 0.947. The first-order chi connectivity index (χ1) is 7.43. The molecule has 6 nitrogen and oxygen atoms in total. The molecule has 0 saturated carbocycles. The Bertz CT molecular complexity index is 473. The van der Waals surface area contributed by atoms with E-state index in [1.165, 1.54) is 7.05 Å². The molecule has 0 atom stereocenters. The Hall–Kier alpha value is -1.72. The summed E-state index contributed by atoms with van der Waals surface area (Å²) in [5, 5.41) is 2.96. The van der Waals surface area contributed by atoms with Gasteiger partial charge in [0.25, 0.3) is 5.56 Å². The minimum absolute atomic E-state index is 0.0471. The molecular weight excluding hydrogens is 208 g/mol. The normalized spacial score (nSPS) is 10.8. The molecule has 1 rings (SSSR count). The lowest BCUT2D eigenvalue weighted by Gasteiger charge is -2.10. The minimum atomic E-state index is -0.476. The van der Waals surface area contributed by atoms with Crippen molar-refractivity contribution in [3.63, 3.8) is 0 Å². The monoisotopic (exact) mass is 226 g/mol. The van der Waals surface area contributed by atoms with Crippen LogP contribution < -0.4 is 22.3 Å². The Kier molecular flexibility index (Phi) is 3.76. The maximum atomic E-state index is 11.5. The van der Waals surface area contributed by atoms with Crippen LogP contribution in [0, 0.1) is 5.92 Å². The summed E-state index contributed by atoms with van der Waals surface area (Å²) in [7, 11) is 1.38. The standard InChI is InChI=1S/C10H18N4O2/c1-6(2)4-5-12-8-7(11)9(15)14(3)10(16)13-8/h6,12H,4-5,11H2,1-3H3,(H,13,16). The molecule has 0 saturated heterocycles. The van der Waals surface area contributed by atoms with Crippen molar-refractivity contribution >= 4 is 11.5 Å². The van der Waals surface area contributed by atoms with Gasteiger partial charge in [-0.1, -0.05) is 13.8 Å². The zero-order valence-electron chi connectivity index (χ0n) is 9.83. The van der Waals surface area contributed by atoms with E-state index in [1.807, 2.05) is 0 Å². The zero-order valence-corrected chi connectivity index (χ0v) is 9.83. The van der Waals surface area contributed by atoms with Gasteiger partial charge in [0.15, 0.2) is 0 Å². The molecule has 1 aromatic heterocycles. The summed E-state index contributed by atoms with van der Waals surface area (Å²) in [6, 6.07) is 0. The van der Waals surface area contributed by atoms with E-state index >= 15 is 0 Å². The van der Waals surface area contributed by atoms with E-state index < -0.39 is 11.2 Å². The van der Waals surface area contributed by atoms with Crippen LogP contribution in [0.2, 0.25) is 0 Å². The van der Waals surface area contributed by atoms with E-state index in [1.54, 1.807) is 0 Å². The van der Waals surface area contributed by atoms with Crippen LogP contribution in [0.25, 0.3) is 0 Å². The van der Waals surface area contributed by atoms with E-state index in [-0.39, 0.29) is 5.69 Å². The summed E-state index contributed by atoms with van der Waals surface area (Å²) in [5.74, 6) is 0.862. The first-order valence-electron chi connectivity index (χ1n) is 5.26. The van der Waals surface area contributed by atoms with Crippen molar-refractivity contribution in [2.45, 2.75) is 20.3 Å². The lowest BCUT2D eigenvalue weighted by atomic mass is 10.1. The number of hydrogen-bond acceptors (Lipinski definition) is 4. The Labute approximate surface area is 93.5 Å². The molecule has 0 fully saturated rings. The summed E-state index contributed by atoms with van der Waals surface area (Å²) >= 11 is 0. The smallest absolute Gasteiger partial charge is 0.329 e. The number of aromatic nitrogens is 2. The quantitative estimate of drug-likeness (QED) is 0.679. The van der Waals surface area contributed by atoms with Crippen molar-refractivity contribution in [3.8, 4) is 0 Å². The number of aromatic amines is 1. The first kappa shape index (κ1) is 12.4. The fraction of sp³-hybridized carbons (Fsp3) is 0.600. The molecule has 0 aliphatic rings. The number of H-pyrrole nitrogens is 1. The molecule has 0 radical (unpaired) electrons. The molecule has 0 aliphatic heterocycles. The maximum Gasteiger partial charge on any atom is 0.329 e. The Balaban J connectivity index is 2.90. The average Bonchev–Trinajstić information content (AvgIpc) is 2.22. The van der Waals surface area contributed by atoms with Gasteiger partial charge in [-0.2, -0.15) is 0 Å². The SMILES string of the molecule is CC(C)CCNc1[nH]c(=O)n(C)c(=O)c1N. The van der Waals surface area contributed by atoms with E-state index in [9.17, 15) is 9.59 Å². The molecule has 4 N–H and O–H groups in total. The number of nitrogens with two attached hydrogens (primary N) is 1. The third kappa shape index (κ3) is 2.65. The lowest BCUT2D eigenvalue weighted by molar-refractivity contribution is 0.606. The largest absolute Gasteiger partial charge is 0.391 e. The second kappa shape index (κ2) is 4.87. The lowest BCUT2D eigenvalue weighted by Crippen LogP contribution is -2.35. The Morgan fingerprint density at radius 1 is 1.44 bits per heavy atom. The van der Waals surface area contributed by atoms with Gasteiger partial charge in [-0.15, -0.1) is 0 Å². The fourth-order valence-corrected chi connectivity index (χ4v) is 1.26. The highest BCUT2D eigenvalue weighted by molar-refractivity contribution is 5.58. The second-order valence-corrected chi connectivity index (χ2v) is 4.19. The van der Waals surface area contributed by atoms with Crippen LogP contribution in [0.5, 0.6) is 0 Å². The second-order valence-electron chi connectivity index (χ2n) is 4.19. The molecule has 1 aromatic rings. The van der Waals surface area contributed by atoms with Crippen LogP contribution >= 0.6 is 0 Å². The molecule has 6 heteroatoms. The molecule has 0 unspecified atom stereocenters. The van der Waals surface area contributed by atoms with Gasteiger partial charge in [0.1, 0.15) is 11.5 Å². The van der Waals surface area contributed by atoms with E-state index in [0.717, 1.165) is 11.0 Å². The van der Waals surface area contributed by atoms with Crippen molar-refractivity contribution in [1.82, 2.24) is 9.55 Å². The summed E-state index contributed by atoms with van der Waals surface area (Å²) in [4.78, 5) is 25.3. The Morgan fingerprint density at radius 2 is 2.06 bits per heavy atom. The van der Waals surface area contributed by atoms with Crippen molar-refractivity contribution in [2.75, 3.05) is 17.6 Å². The number of anilines is 2. The predicted octanol–water partition coefficient (Wildman–Crippen LogP) is 0.114. The van der Waals surface area contributed by atoms with Crippen molar-refractivity contribution in [1.29, 1.82) is 0 Å². The van der Waals surface area contributed by atoms with Gasteiger partial charge in [-0.05, 0) is 12.3 Å². The maximum absolute atomic E-state index is 11.5. The first-order valence-corrected chi connectivity index (χ1v) is 5.26. The molecular formula is C10H18N4O2. The van der Waals surface area contributed by atoms with Gasteiger partial charge in [-0.3, -0.25) is 14.3 Å². The van der Waals surface area contributed by atoms with E-state index in [0.29, 0.717) is 18.3 Å². The number of hydrogen-bond donors (Lipinski definition) is 3. The number of nitrogens with one attached hydrogen (secondary N) is 2. The van der Waals surface area contributed by atoms with Gasteiger partial charge in [0.05, 0.1) is 0 Å². The van der Waals surface area contributed by atoms with Crippen LogP contribution in [0.15, 0.2) is 9.59 Å². The van der Waals surface area contributed by atoms with Crippen molar-refractivity contribution < 1.29 is 0 Å². The Morgan fingerprint density at radius 3 is 2.62 bits per heavy atom. The molecule has 0 amide bonds. The average molecular weight is 226 g/mol. The minimum Gasteiger partial charge on any atom is -0.391 e. The third-order valence-corrected chi connectivity index (χ3v) is 2.36. The van der Waals surface area contributed by atoms with E-state index in [2.05, 4.69) is 24.1 Å². The van der Waals surface area contributed by atoms with Crippen LogP contribution in [0.1, 0.15) is 20.3 Å². The van der Waals surface area contributed by atoms with Gasteiger partial charge < -0.3 is 11.1 Å². The summed E-state index contributed by atoms with van der Waals surface area (Å²) in [5.41, 5.74) is 4.71. The molecule has 0 aromatic carbocycles. The molecule has 90 valence electrons. The van der Waals surface area contributed by atoms with E-state index in [4.69, 9.17) is 5.73 Å². The van der Waals surface area contributed by atoms with Crippen molar-refractivity contribution in [3.05, 3.63) is 20.8 Å². The van der Waals surface area contributed by atoms with Crippen LogP contribution in [0.4, 0.5) is 11.5 Å². The number of nitrogens with zero attached hydrogens (tertiary/aromatic N) is 1. The molecule has 16 heavy (non-hydrogen) atoms. The van der Waals surface area contributed by atoms with Gasteiger partial charge >= 0.3 is 5.69 Å². The van der Waals surface area contributed by atoms with Crippen LogP contribution in [-0.2, 0) is 7.05 Å². The zero-order chi connectivity index (χ0) is 12.3. The number of rotatable bonds is 4. The van der Waals surface area contributed by atoms with Crippen molar-refractivity contribution in [2.24, 2.45) is 13.0 Å². The predicted molar refractivity (Wildman–Crippen MR) is 64.7 cm³/mol. The molecule has 0 spiro atoms. The highest BCUT2D eigenvalue weighted by Gasteiger charge is 2.07. The van der Waals surface area contributed by atoms with Gasteiger partial charge in [-0.25, -0.2) is 4.79 Å². The summed E-state index contributed by atoms with van der Waals surface area (Å²) in [6.45, 7) is 4.86. The number of nitrogen functional groups attached to an aromatic ring is 1. The van der Waals surface area contributed by atoms with Crippen LogP contribution in [0.3, 0.4) is 0 Å². The van der Waals surface area contributed by atoms with Crippen LogP contribution in [-0.4, -0.2) is 16.1 Å². The molecule has 0 aliphatic carbocycles. The fourth-order valence-electron chi connectivity index (χ4n) is 1.26. The summed E-state index contributed by atoms with van der Waals surface area (Å²) in [6.07, 6.45) is 0.941. The molecule has 1 heterocycles. The highest BCUT2D eigenvalue weighted by atomic mass is 16.2.